The summed E-state index contributed by atoms with van der Waals surface area (Å²) in [4.78, 5) is 12.7. The molecule has 1 aliphatic carbocycles. The predicted molar refractivity (Wildman–Crippen MR) is 103 cm³/mol. The fraction of sp³-hybridized carbons (Fsp3) is 0.650. The van der Waals surface area contributed by atoms with E-state index in [-0.39, 0.29) is 17.7 Å². The summed E-state index contributed by atoms with van der Waals surface area (Å²) in [5, 5.41) is 0. The predicted octanol–water partition coefficient (Wildman–Crippen LogP) is 3.40. The van der Waals surface area contributed by atoms with E-state index >= 15 is 0 Å². The maximum absolute atomic E-state index is 12.9. The van der Waals surface area contributed by atoms with Gasteiger partial charge >= 0.3 is 0 Å². The second kappa shape index (κ2) is 8.19. The summed E-state index contributed by atoms with van der Waals surface area (Å²) in [6.07, 6.45) is 6.54. The van der Waals surface area contributed by atoms with Gasteiger partial charge in [-0.1, -0.05) is 49.1 Å². The first kappa shape index (κ1) is 19.5. The van der Waals surface area contributed by atoms with Crippen molar-refractivity contribution in [2.24, 2.45) is 5.92 Å². The Labute approximate surface area is 157 Å². The largest absolute Gasteiger partial charge is 0.294 e. The van der Waals surface area contributed by atoms with Crippen LogP contribution in [0.25, 0.3) is 0 Å². The van der Waals surface area contributed by atoms with Gasteiger partial charge in [-0.25, -0.2) is 0 Å². The molecule has 1 saturated heterocycles. The van der Waals surface area contributed by atoms with Gasteiger partial charge in [0.1, 0.15) is 0 Å². The van der Waals surface area contributed by atoms with Crippen molar-refractivity contribution in [3.8, 4) is 0 Å². The van der Waals surface area contributed by atoms with Crippen molar-refractivity contribution >= 4 is 16.0 Å². The number of Topliss-reactive ketones (excluding diaryl/α,β-unsaturated/α-hetero) is 1. The van der Waals surface area contributed by atoms with E-state index < -0.39 is 10.2 Å². The summed E-state index contributed by atoms with van der Waals surface area (Å²) >= 11 is 0. The topological polar surface area (TPSA) is 57.7 Å². The molecule has 1 saturated carbocycles. The highest BCUT2D eigenvalue weighted by molar-refractivity contribution is 7.86. The van der Waals surface area contributed by atoms with Crippen LogP contribution in [0.2, 0.25) is 0 Å². The highest BCUT2D eigenvalue weighted by Crippen LogP contribution is 2.28. The van der Waals surface area contributed by atoms with Crippen LogP contribution in [0.5, 0.6) is 0 Å². The van der Waals surface area contributed by atoms with Gasteiger partial charge in [-0.3, -0.25) is 4.79 Å². The first-order valence-electron chi connectivity index (χ1n) is 9.73. The number of nitrogens with zero attached hydrogens (tertiary/aromatic N) is 2. The second-order valence-corrected chi connectivity index (χ2v) is 9.71. The van der Waals surface area contributed by atoms with Crippen LogP contribution >= 0.6 is 0 Å². The summed E-state index contributed by atoms with van der Waals surface area (Å²) in [6, 6.07) is 7.77. The van der Waals surface area contributed by atoms with Gasteiger partial charge in [0.15, 0.2) is 5.78 Å². The molecular weight excluding hydrogens is 348 g/mol. The van der Waals surface area contributed by atoms with E-state index in [4.69, 9.17) is 0 Å². The Bertz CT molecular complexity index is 716. The van der Waals surface area contributed by atoms with Gasteiger partial charge in [-0.15, -0.1) is 0 Å². The number of hydrogen-bond acceptors (Lipinski definition) is 3. The van der Waals surface area contributed by atoms with Crippen LogP contribution in [-0.2, 0) is 10.2 Å². The molecule has 26 heavy (non-hydrogen) atoms. The molecule has 0 unspecified atom stereocenters. The molecule has 0 amide bonds. The van der Waals surface area contributed by atoms with E-state index in [0.717, 1.165) is 36.8 Å². The fourth-order valence-electron chi connectivity index (χ4n) is 4.12. The van der Waals surface area contributed by atoms with Crippen LogP contribution in [0.1, 0.15) is 60.9 Å². The Hall–Kier alpha value is -1.24. The van der Waals surface area contributed by atoms with Crippen LogP contribution in [-0.4, -0.2) is 49.0 Å². The molecule has 0 N–H and O–H groups in total. The molecule has 144 valence electrons. The Morgan fingerprint density at radius 3 is 2.15 bits per heavy atom. The zero-order valence-corrected chi connectivity index (χ0v) is 16.7. The van der Waals surface area contributed by atoms with Crippen LogP contribution < -0.4 is 0 Å². The number of rotatable bonds is 5. The van der Waals surface area contributed by atoms with Crippen molar-refractivity contribution in [2.45, 2.75) is 57.9 Å². The van der Waals surface area contributed by atoms with Gasteiger partial charge in [0, 0.05) is 37.7 Å². The van der Waals surface area contributed by atoms with E-state index in [2.05, 4.69) is 0 Å². The smallest absolute Gasteiger partial charge is 0.281 e. The van der Waals surface area contributed by atoms with E-state index in [1.54, 1.807) is 15.7 Å². The first-order valence-corrected chi connectivity index (χ1v) is 11.1. The van der Waals surface area contributed by atoms with Gasteiger partial charge in [0.2, 0.25) is 0 Å². The summed E-state index contributed by atoms with van der Waals surface area (Å²) in [5.74, 6) is 0.0619. The molecule has 0 radical (unpaired) electrons. The molecule has 3 rings (SSSR count). The van der Waals surface area contributed by atoms with Crippen molar-refractivity contribution in [1.82, 2.24) is 8.61 Å². The van der Waals surface area contributed by atoms with Crippen LogP contribution in [0.15, 0.2) is 24.3 Å². The molecule has 1 aromatic rings. The molecule has 0 spiro atoms. The van der Waals surface area contributed by atoms with Gasteiger partial charge in [0.05, 0.1) is 0 Å². The minimum absolute atomic E-state index is 0.0795. The zero-order chi connectivity index (χ0) is 18.7. The normalized spacial score (nSPS) is 21.2. The number of carbonyl (C=O) groups is 1. The van der Waals surface area contributed by atoms with Gasteiger partial charge in [0.25, 0.3) is 10.2 Å². The van der Waals surface area contributed by atoms with Crippen molar-refractivity contribution in [3.05, 3.63) is 35.4 Å². The van der Waals surface area contributed by atoms with Crippen molar-refractivity contribution in [1.29, 1.82) is 0 Å². The Kier molecular flexibility index (Phi) is 6.15. The number of benzene rings is 1. The molecule has 0 atom stereocenters. The van der Waals surface area contributed by atoms with Gasteiger partial charge < -0.3 is 0 Å². The molecule has 2 aliphatic rings. The molecule has 1 aliphatic heterocycles. The van der Waals surface area contributed by atoms with Crippen molar-refractivity contribution in [2.75, 3.05) is 20.1 Å². The first-order chi connectivity index (χ1) is 12.4. The van der Waals surface area contributed by atoms with Crippen LogP contribution in [0.3, 0.4) is 0 Å². The maximum atomic E-state index is 12.9. The lowest BCUT2D eigenvalue weighted by Gasteiger charge is -2.37. The molecule has 1 heterocycles. The quantitative estimate of drug-likeness (QED) is 0.738. The van der Waals surface area contributed by atoms with Crippen LogP contribution in [0, 0.1) is 12.8 Å². The SMILES string of the molecule is Cc1ccc(C(=O)C2CCN(S(=O)(=O)N(C)C3CCCCC3)CC2)cc1. The molecule has 1 aromatic carbocycles. The van der Waals surface area contributed by atoms with Gasteiger partial charge in [-0.2, -0.15) is 17.0 Å². The third-order valence-corrected chi connectivity index (χ3v) is 7.98. The number of aryl methyl sites for hydroxylation is 1. The molecular formula is C20H30N2O3S. The minimum Gasteiger partial charge on any atom is -0.294 e. The number of piperidine rings is 1. The fourth-order valence-corrected chi connectivity index (χ4v) is 5.74. The minimum atomic E-state index is -3.43. The van der Waals surface area contributed by atoms with E-state index in [9.17, 15) is 13.2 Å². The monoisotopic (exact) mass is 378 g/mol. The number of hydrogen-bond donors (Lipinski definition) is 0. The summed E-state index contributed by atoms with van der Waals surface area (Å²) in [5.41, 5.74) is 1.87. The molecule has 5 nitrogen and oxygen atoms in total. The average Bonchev–Trinajstić information content (AvgIpc) is 2.68. The van der Waals surface area contributed by atoms with Crippen LogP contribution in [0.4, 0.5) is 0 Å². The standard InChI is InChI=1S/C20H30N2O3S/c1-16-8-10-17(11-9-16)20(23)18-12-14-22(15-13-18)26(24,25)21(2)19-6-4-3-5-7-19/h8-11,18-19H,3-7,12-15H2,1-2H3. The Morgan fingerprint density at radius 2 is 1.58 bits per heavy atom. The highest BCUT2D eigenvalue weighted by atomic mass is 32.2. The summed E-state index contributed by atoms with van der Waals surface area (Å²) < 4.78 is 29.0. The van der Waals surface area contributed by atoms with Crippen molar-refractivity contribution < 1.29 is 13.2 Å². The van der Waals surface area contributed by atoms with E-state index in [0.29, 0.717) is 25.9 Å². The lowest BCUT2D eigenvalue weighted by atomic mass is 9.89. The third kappa shape index (κ3) is 4.18. The van der Waals surface area contributed by atoms with Gasteiger partial charge in [-0.05, 0) is 32.6 Å². The van der Waals surface area contributed by atoms with E-state index in [1.807, 2.05) is 31.2 Å². The summed E-state index contributed by atoms with van der Waals surface area (Å²) in [6.45, 7) is 2.86. The summed E-state index contributed by atoms with van der Waals surface area (Å²) in [7, 11) is -1.71. The molecule has 0 bridgehead atoms. The Morgan fingerprint density at radius 1 is 1.00 bits per heavy atom. The molecule has 0 aromatic heterocycles. The average molecular weight is 379 g/mol. The van der Waals surface area contributed by atoms with Crippen molar-refractivity contribution in [3.63, 3.8) is 0 Å². The zero-order valence-electron chi connectivity index (χ0n) is 15.9. The number of carbonyl (C=O) groups excluding carboxylic acids is 1. The molecule has 2 fully saturated rings. The second-order valence-electron chi connectivity index (χ2n) is 7.72. The lowest BCUT2D eigenvalue weighted by Crippen LogP contribution is -2.50. The van der Waals surface area contributed by atoms with E-state index in [1.165, 1.54) is 6.42 Å². The lowest BCUT2D eigenvalue weighted by molar-refractivity contribution is 0.0872. The highest BCUT2D eigenvalue weighted by Gasteiger charge is 2.36. The molecule has 6 heteroatoms. The maximum Gasteiger partial charge on any atom is 0.281 e. The number of ketones is 1. The third-order valence-electron chi connectivity index (χ3n) is 5.94. The Balaban J connectivity index is 1.60.